The molecular formula is C20H16N4O. The Morgan fingerprint density at radius 3 is 2.80 bits per heavy atom. The second-order valence-corrected chi connectivity index (χ2v) is 5.21. The minimum absolute atomic E-state index is 0.196. The first kappa shape index (κ1) is 16.2. The van der Waals surface area contributed by atoms with Crippen LogP contribution in [0.2, 0.25) is 0 Å². The van der Waals surface area contributed by atoms with Gasteiger partial charge >= 0.3 is 0 Å². The fourth-order valence-corrected chi connectivity index (χ4v) is 2.31. The van der Waals surface area contributed by atoms with Gasteiger partial charge in [0.1, 0.15) is 5.69 Å². The average Bonchev–Trinajstić information content (AvgIpc) is 3.10. The predicted molar refractivity (Wildman–Crippen MR) is 97.7 cm³/mol. The van der Waals surface area contributed by atoms with Crippen LogP contribution in [0.1, 0.15) is 5.56 Å². The molecular weight excluding hydrogens is 312 g/mol. The molecule has 1 aromatic carbocycles. The molecule has 1 N–H and O–H groups in total. The molecule has 0 saturated carbocycles. The normalized spacial score (nSPS) is 10.5. The highest BCUT2D eigenvalue weighted by Crippen LogP contribution is 2.24. The maximum atomic E-state index is 11.8. The van der Waals surface area contributed by atoms with E-state index in [4.69, 9.17) is 6.42 Å². The lowest BCUT2D eigenvalue weighted by atomic mass is 10.1. The number of nitrogens with one attached hydrogen (secondary N) is 1. The lowest BCUT2D eigenvalue weighted by Crippen LogP contribution is -2.20. The number of rotatable bonds is 5. The van der Waals surface area contributed by atoms with Gasteiger partial charge in [0.15, 0.2) is 0 Å². The number of nitrogens with zero attached hydrogens (tertiary/aromatic N) is 3. The Kier molecular flexibility index (Phi) is 5.03. The first-order valence-corrected chi connectivity index (χ1v) is 7.73. The summed E-state index contributed by atoms with van der Waals surface area (Å²) >= 11 is 0. The number of para-hydroxylation sites is 1. The van der Waals surface area contributed by atoms with Gasteiger partial charge in [0.05, 0.1) is 12.2 Å². The molecule has 0 radical (unpaired) electrons. The third kappa shape index (κ3) is 4.01. The lowest BCUT2D eigenvalue weighted by Gasteiger charge is -1.99. The maximum Gasteiger partial charge on any atom is 0.244 e. The second-order valence-electron chi connectivity index (χ2n) is 5.21. The summed E-state index contributed by atoms with van der Waals surface area (Å²) in [5.41, 5.74) is 3.37. The topological polar surface area (TPSA) is 59.8 Å². The third-order valence-electron chi connectivity index (χ3n) is 3.48. The smallest absolute Gasteiger partial charge is 0.244 e. The van der Waals surface area contributed by atoms with Gasteiger partial charge in [0.2, 0.25) is 5.91 Å². The summed E-state index contributed by atoms with van der Waals surface area (Å²) in [5.74, 6) is 2.12. The van der Waals surface area contributed by atoms with Crippen LogP contribution in [0.3, 0.4) is 0 Å². The van der Waals surface area contributed by atoms with Gasteiger partial charge in [-0.2, -0.15) is 5.10 Å². The van der Waals surface area contributed by atoms with Gasteiger partial charge in [-0.05, 0) is 30.3 Å². The number of aromatic nitrogens is 3. The van der Waals surface area contributed by atoms with Gasteiger partial charge in [-0.1, -0.05) is 24.1 Å². The molecule has 1 amide bonds. The number of terminal acetylenes is 1. The van der Waals surface area contributed by atoms with Crippen LogP contribution in [0.4, 0.5) is 0 Å². The van der Waals surface area contributed by atoms with Gasteiger partial charge in [0, 0.05) is 35.8 Å². The molecule has 2 aromatic heterocycles. The Balaban J connectivity index is 1.98. The second kappa shape index (κ2) is 7.75. The molecule has 0 spiro atoms. The summed E-state index contributed by atoms with van der Waals surface area (Å²) in [5, 5.41) is 7.25. The summed E-state index contributed by atoms with van der Waals surface area (Å²) in [7, 11) is 0. The molecule has 0 aliphatic rings. The first-order chi connectivity index (χ1) is 12.3. The zero-order chi connectivity index (χ0) is 17.5. The van der Waals surface area contributed by atoms with E-state index in [2.05, 4.69) is 21.3 Å². The standard InChI is InChI=1S/C20H16N4O/c1-2-12-22-19(25)11-10-17-15-24(18-8-4-3-5-9-18)23-20(17)16-7-6-13-21-14-16/h1,3-11,13-15H,12H2,(H,22,25). The third-order valence-corrected chi connectivity index (χ3v) is 3.48. The Labute approximate surface area is 146 Å². The van der Waals surface area contributed by atoms with E-state index in [1.165, 1.54) is 6.08 Å². The molecule has 0 atom stereocenters. The Morgan fingerprint density at radius 1 is 1.24 bits per heavy atom. The van der Waals surface area contributed by atoms with Crippen molar-refractivity contribution in [1.29, 1.82) is 0 Å². The average molecular weight is 328 g/mol. The van der Waals surface area contributed by atoms with Crippen molar-refractivity contribution in [1.82, 2.24) is 20.1 Å². The molecule has 25 heavy (non-hydrogen) atoms. The number of benzene rings is 1. The van der Waals surface area contributed by atoms with Gasteiger partial charge in [-0.25, -0.2) is 4.68 Å². The van der Waals surface area contributed by atoms with Crippen molar-refractivity contribution in [2.24, 2.45) is 0 Å². The molecule has 0 fully saturated rings. The predicted octanol–water partition coefficient (Wildman–Crippen LogP) is 2.70. The van der Waals surface area contributed by atoms with Crippen LogP contribution in [0.25, 0.3) is 23.0 Å². The number of hydrogen-bond donors (Lipinski definition) is 1. The van der Waals surface area contributed by atoms with E-state index in [-0.39, 0.29) is 12.5 Å². The zero-order valence-corrected chi connectivity index (χ0v) is 13.5. The van der Waals surface area contributed by atoms with Crippen LogP contribution in [0.5, 0.6) is 0 Å². The van der Waals surface area contributed by atoms with Crippen LogP contribution in [-0.4, -0.2) is 27.2 Å². The lowest BCUT2D eigenvalue weighted by molar-refractivity contribution is -0.116. The van der Waals surface area contributed by atoms with E-state index in [1.54, 1.807) is 23.2 Å². The molecule has 0 bridgehead atoms. The Bertz CT molecular complexity index is 921. The van der Waals surface area contributed by atoms with Crippen LogP contribution in [-0.2, 0) is 4.79 Å². The van der Waals surface area contributed by atoms with E-state index in [1.807, 2.05) is 48.7 Å². The molecule has 0 saturated heterocycles. The van der Waals surface area contributed by atoms with E-state index >= 15 is 0 Å². The molecule has 5 heteroatoms. The van der Waals surface area contributed by atoms with E-state index in [9.17, 15) is 4.79 Å². The quantitative estimate of drug-likeness (QED) is 0.579. The van der Waals surface area contributed by atoms with Crippen LogP contribution in [0, 0.1) is 12.3 Å². The van der Waals surface area contributed by atoms with Crippen molar-refractivity contribution >= 4 is 12.0 Å². The maximum absolute atomic E-state index is 11.8. The van der Waals surface area contributed by atoms with Gasteiger partial charge < -0.3 is 5.32 Å². The van der Waals surface area contributed by atoms with E-state index < -0.39 is 0 Å². The molecule has 3 rings (SSSR count). The SMILES string of the molecule is C#CCNC(=O)C=Cc1cn(-c2ccccc2)nc1-c1cccnc1. The van der Waals surface area contributed by atoms with E-state index in [0.29, 0.717) is 0 Å². The number of carbonyl (C=O) groups excluding carboxylic acids is 1. The highest BCUT2D eigenvalue weighted by molar-refractivity contribution is 5.92. The van der Waals surface area contributed by atoms with Crippen molar-refractivity contribution < 1.29 is 4.79 Å². The molecule has 122 valence electrons. The fourth-order valence-electron chi connectivity index (χ4n) is 2.31. The van der Waals surface area contributed by atoms with Crippen molar-refractivity contribution in [2.75, 3.05) is 6.54 Å². The number of hydrogen-bond acceptors (Lipinski definition) is 3. The minimum atomic E-state index is -0.248. The zero-order valence-electron chi connectivity index (χ0n) is 13.5. The van der Waals surface area contributed by atoms with Gasteiger partial charge in [-0.15, -0.1) is 6.42 Å². The molecule has 0 aliphatic carbocycles. The number of pyridine rings is 1. The van der Waals surface area contributed by atoms with Crippen LogP contribution >= 0.6 is 0 Å². The summed E-state index contributed by atoms with van der Waals surface area (Å²) in [4.78, 5) is 15.9. The number of carbonyl (C=O) groups is 1. The van der Waals surface area contributed by atoms with Gasteiger partial charge in [-0.3, -0.25) is 9.78 Å². The van der Waals surface area contributed by atoms with E-state index in [0.717, 1.165) is 22.5 Å². The molecule has 5 nitrogen and oxygen atoms in total. The monoisotopic (exact) mass is 328 g/mol. The highest BCUT2D eigenvalue weighted by Gasteiger charge is 2.10. The largest absolute Gasteiger partial charge is 0.342 e. The molecule has 2 heterocycles. The summed E-state index contributed by atoms with van der Waals surface area (Å²) in [6.45, 7) is 0.196. The van der Waals surface area contributed by atoms with Crippen molar-refractivity contribution in [2.45, 2.75) is 0 Å². The molecule has 0 aliphatic heterocycles. The molecule has 0 unspecified atom stereocenters. The first-order valence-electron chi connectivity index (χ1n) is 7.73. The highest BCUT2D eigenvalue weighted by atomic mass is 16.1. The van der Waals surface area contributed by atoms with Crippen molar-refractivity contribution in [3.63, 3.8) is 0 Å². The number of amides is 1. The van der Waals surface area contributed by atoms with Gasteiger partial charge in [0.25, 0.3) is 0 Å². The van der Waals surface area contributed by atoms with Crippen LogP contribution in [0.15, 0.2) is 67.1 Å². The fraction of sp³-hybridized carbons (Fsp3) is 0.0500. The summed E-state index contributed by atoms with van der Waals surface area (Å²) < 4.78 is 1.78. The van der Waals surface area contributed by atoms with Crippen molar-refractivity contribution in [3.05, 3.63) is 72.7 Å². The minimum Gasteiger partial charge on any atom is -0.342 e. The Hall–Kier alpha value is -3.65. The van der Waals surface area contributed by atoms with Crippen LogP contribution < -0.4 is 5.32 Å². The molecule has 3 aromatic rings. The summed E-state index contributed by atoms with van der Waals surface area (Å²) in [6.07, 6.45) is 13.6. The summed E-state index contributed by atoms with van der Waals surface area (Å²) in [6, 6.07) is 13.6. The van der Waals surface area contributed by atoms with Crippen molar-refractivity contribution in [3.8, 4) is 29.3 Å². The Morgan fingerprint density at radius 2 is 2.08 bits per heavy atom.